The van der Waals surface area contributed by atoms with Crippen LogP contribution in [0.2, 0.25) is 0 Å². The molecule has 0 radical (unpaired) electrons. The van der Waals surface area contributed by atoms with Gasteiger partial charge in [-0.3, -0.25) is 0 Å². The molecule has 0 saturated heterocycles. The molecule has 0 heterocycles. The number of hydrogen-bond acceptors (Lipinski definition) is 2. The monoisotopic (exact) mass is 232 g/mol. The minimum Gasteiger partial charge on any atom is -0.179 e. The molecule has 14 heavy (non-hydrogen) atoms. The Balaban J connectivity index is 2.44. The Morgan fingerprint density at radius 3 is 2.14 bits per heavy atom. The van der Waals surface area contributed by atoms with Gasteiger partial charge in [-0.05, 0) is 24.0 Å². The Morgan fingerprint density at radius 2 is 1.71 bits per heavy atom. The van der Waals surface area contributed by atoms with Gasteiger partial charge in [0.25, 0.3) is 0 Å². The van der Waals surface area contributed by atoms with E-state index in [1.165, 1.54) is 37.9 Å². The maximum absolute atomic E-state index is 4.57. The fraction of sp³-hybridized carbons (Fsp3) is 1.00. The highest BCUT2D eigenvalue weighted by Gasteiger charge is 2.31. The lowest BCUT2D eigenvalue weighted by Gasteiger charge is -2.37. The molecule has 1 rings (SSSR count). The third-order valence-corrected chi connectivity index (χ3v) is 5.35. The summed E-state index contributed by atoms with van der Waals surface area (Å²) < 4.78 is 0.410. The van der Waals surface area contributed by atoms with Gasteiger partial charge in [0.05, 0.1) is 0 Å². The first-order valence-corrected chi connectivity index (χ1v) is 7.34. The van der Waals surface area contributed by atoms with Gasteiger partial charge in [-0.2, -0.15) is 24.4 Å². The van der Waals surface area contributed by atoms with Gasteiger partial charge in [0, 0.05) is 10.5 Å². The second kappa shape index (κ2) is 5.16. The summed E-state index contributed by atoms with van der Waals surface area (Å²) >= 11 is 6.68. The molecule has 1 aliphatic rings. The molecule has 0 aromatic carbocycles. The van der Waals surface area contributed by atoms with Crippen molar-refractivity contribution in [3.8, 4) is 0 Å². The van der Waals surface area contributed by atoms with E-state index in [1.807, 2.05) is 0 Å². The molecule has 1 aliphatic carbocycles. The Labute approximate surface area is 99.0 Å². The zero-order valence-corrected chi connectivity index (χ0v) is 11.5. The second-order valence-electron chi connectivity index (χ2n) is 5.62. The first-order valence-electron chi connectivity index (χ1n) is 5.72. The summed E-state index contributed by atoms with van der Waals surface area (Å²) in [4.78, 5) is 0. The van der Waals surface area contributed by atoms with Gasteiger partial charge in [-0.25, -0.2) is 0 Å². The lowest BCUT2D eigenvalue weighted by Crippen LogP contribution is -2.30. The minimum atomic E-state index is 0.410. The predicted octanol–water partition coefficient (Wildman–Crippen LogP) is 4.40. The Bertz CT molecular complexity index is 164. The molecule has 2 heteroatoms. The van der Waals surface area contributed by atoms with Crippen molar-refractivity contribution in [1.82, 2.24) is 0 Å². The van der Waals surface area contributed by atoms with Crippen LogP contribution in [0.3, 0.4) is 0 Å². The quantitative estimate of drug-likeness (QED) is 0.704. The Kier molecular flexibility index (Phi) is 4.70. The summed E-state index contributed by atoms with van der Waals surface area (Å²) in [5.41, 5.74) is 0.555. The maximum Gasteiger partial charge on any atom is 0.00753 e. The average molecular weight is 232 g/mol. The molecule has 0 atom stereocenters. The van der Waals surface area contributed by atoms with E-state index >= 15 is 0 Å². The largest absolute Gasteiger partial charge is 0.179 e. The zero-order valence-electron chi connectivity index (χ0n) is 9.81. The molecule has 0 bridgehead atoms. The summed E-state index contributed by atoms with van der Waals surface area (Å²) in [7, 11) is 0. The van der Waals surface area contributed by atoms with Crippen molar-refractivity contribution >= 4 is 24.4 Å². The number of thioether (sulfide) groups is 1. The van der Waals surface area contributed by atoms with E-state index in [0.717, 1.165) is 5.75 Å². The summed E-state index contributed by atoms with van der Waals surface area (Å²) in [5.74, 6) is 2.38. The molecule has 0 aromatic rings. The smallest absolute Gasteiger partial charge is 0.00753 e. The van der Waals surface area contributed by atoms with Crippen LogP contribution in [-0.2, 0) is 0 Å². The van der Waals surface area contributed by atoms with E-state index in [1.54, 1.807) is 0 Å². The lowest BCUT2D eigenvalue weighted by molar-refractivity contribution is 0.258. The molecular formula is C12H24S2. The summed E-state index contributed by atoms with van der Waals surface area (Å²) in [5, 5.41) is 0. The fourth-order valence-electron chi connectivity index (χ4n) is 2.02. The highest BCUT2D eigenvalue weighted by molar-refractivity contribution is 8.00. The van der Waals surface area contributed by atoms with Crippen LogP contribution in [0.25, 0.3) is 0 Å². The maximum atomic E-state index is 4.57. The summed E-state index contributed by atoms with van der Waals surface area (Å²) in [6.45, 7) is 6.94. The van der Waals surface area contributed by atoms with Crippen molar-refractivity contribution in [2.75, 3.05) is 11.5 Å². The van der Waals surface area contributed by atoms with Crippen LogP contribution in [-0.4, -0.2) is 16.3 Å². The van der Waals surface area contributed by atoms with Crippen molar-refractivity contribution in [2.24, 2.45) is 5.41 Å². The molecule has 84 valence electrons. The molecule has 1 fully saturated rings. The van der Waals surface area contributed by atoms with E-state index in [2.05, 4.69) is 45.2 Å². The van der Waals surface area contributed by atoms with Gasteiger partial charge in [0.2, 0.25) is 0 Å². The number of thiol groups is 1. The van der Waals surface area contributed by atoms with Crippen LogP contribution in [0, 0.1) is 5.41 Å². The molecule has 0 unspecified atom stereocenters. The highest BCUT2D eigenvalue weighted by atomic mass is 32.2. The molecular weight excluding hydrogens is 208 g/mol. The van der Waals surface area contributed by atoms with Gasteiger partial charge in [-0.1, -0.05) is 40.0 Å². The van der Waals surface area contributed by atoms with E-state index in [-0.39, 0.29) is 0 Å². The van der Waals surface area contributed by atoms with Crippen molar-refractivity contribution in [3.63, 3.8) is 0 Å². The normalized spacial score (nSPS) is 22.3. The van der Waals surface area contributed by atoms with Crippen LogP contribution >= 0.6 is 24.4 Å². The van der Waals surface area contributed by atoms with Gasteiger partial charge < -0.3 is 0 Å². The standard InChI is InChI=1S/C12H24S2/c1-11(2,3)14-10-12(9-13)7-5-4-6-8-12/h13H,4-10H2,1-3H3. The van der Waals surface area contributed by atoms with Crippen molar-refractivity contribution in [1.29, 1.82) is 0 Å². The lowest BCUT2D eigenvalue weighted by atomic mass is 9.77. The predicted molar refractivity (Wildman–Crippen MR) is 71.6 cm³/mol. The fourth-order valence-corrected chi connectivity index (χ4v) is 3.73. The molecule has 0 N–H and O–H groups in total. The molecule has 0 nitrogen and oxygen atoms in total. The first-order chi connectivity index (χ1) is 6.47. The third kappa shape index (κ3) is 4.06. The zero-order chi connectivity index (χ0) is 10.7. The van der Waals surface area contributed by atoms with Gasteiger partial charge >= 0.3 is 0 Å². The van der Waals surface area contributed by atoms with Crippen LogP contribution in [0.5, 0.6) is 0 Å². The van der Waals surface area contributed by atoms with E-state index in [4.69, 9.17) is 0 Å². The van der Waals surface area contributed by atoms with Crippen molar-refractivity contribution in [2.45, 2.75) is 57.6 Å². The number of rotatable bonds is 3. The van der Waals surface area contributed by atoms with E-state index in [0.29, 0.717) is 10.2 Å². The number of hydrogen-bond donors (Lipinski definition) is 1. The van der Waals surface area contributed by atoms with Crippen molar-refractivity contribution < 1.29 is 0 Å². The summed E-state index contributed by atoms with van der Waals surface area (Å²) in [6.07, 6.45) is 7.09. The van der Waals surface area contributed by atoms with Crippen LogP contribution < -0.4 is 0 Å². The van der Waals surface area contributed by atoms with Crippen molar-refractivity contribution in [3.05, 3.63) is 0 Å². The Hall–Kier alpha value is 0.700. The SMILES string of the molecule is CC(C)(C)SCC1(CS)CCCCC1. The minimum absolute atomic E-state index is 0.410. The topological polar surface area (TPSA) is 0 Å². The third-order valence-electron chi connectivity index (χ3n) is 3.06. The molecule has 0 aromatic heterocycles. The Morgan fingerprint density at radius 1 is 1.14 bits per heavy atom. The van der Waals surface area contributed by atoms with Crippen LogP contribution in [0.4, 0.5) is 0 Å². The molecule has 1 saturated carbocycles. The van der Waals surface area contributed by atoms with Crippen LogP contribution in [0.1, 0.15) is 52.9 Å². The second-order valence-corrected chi connectivity index (χ2v) is 7.74. The van der Waals surface area contributed by atoms with Gasteiger partial charge in [0.1, 0.15) is 0 Å². The highest BCUT2D eigenvalue weighted by Crippen LogP contribution is 2.42. The first kappa shape index (κ1) is 12.8. The summed E-state index contributed by atoms with van der Waals surface area (Å²) in [6, 6.07) is 0. The van der Waals surface area contributed by atoms with E-state index < -0.39 is 0 Å². The van der Waals surface area contributed by atoms with Gasteiger partial charge in [-0.15, -0.1) is 0 Å². The van der Waals surface area contributed by atoms with Gasteiger partial charge in [0.15, 0.2) is 0 Å². The molecule has 0 spiro atoms. The molecule has 0 aliphatic heterocycles. The van der Waals surface area contributed by atoms with Crippen LogP contribution in [0.15, 0.2) is 0 Å². The average Bonchev–Trinajstić information content (AvgIpc) is 2.15. The van der Waals surface area contributed by atoms with E-state index in [9.17, 15) is 0 Å². The molecule has 0 amide bonds.